The summed E-state index contributed by atoms with van der Waals surface area (Å²) in [6.07, 6.45) is 0.840. The molecular weight excluding hydrogens is 356 g/mol. The highest BCUT2D eigenvalue weighted by Gasteiger charge is 2.18. The molecule has 3 rings (SSSR count). The van der Waals surface area contributed by atoms with Gasteiger partial charge in [0.15, 0.2) is 0 Å². The van der Waals surface area contributed by atoms with E-state index in [4.69, 9.17) is 10.3 Å². The molecule has 8 nitrogen and oxygen atoms in total. The molecule has 1 unspecified atom stereocenters. The third-order valence-corrected chi connectivity index (χ3v) is 4.51. The van der Waals surface area contributed by atoms with Crippen molar-refractivity contribution in [3.63, 3.8) is 0 Å². The van der Waals surface area contributed by atoms with Crippen LogP contribution in [0.15, 0.2) is 28.8 Å². The second-order valence-corrected chi connectivity index (χ2v) is 6.85. The first-order valence-electron chi connectivity index (χ1n) is 9.13. The molecule has 3 N–H and O–H groups in total. The lowest BCUT2D eigenvalue weighted by Crippen LogP contribution is -2.27. The van der Waals surface area contributed by atoms with Crippen LogP contribution in [0.5, 0.6) is 0 Å². The number of nitrogens with two attached hydrogens (primary N) is 1. The van der Waals surface area contributed by atoms with Crippen LogP contribution in [-0.4, -0.2) is 26.0 Å². The van der Waals surface area contributed by atoms with Gasteiger partial charge in [0.25, 0.3) is 0 Å². The first kappa shape index (κ1) is 19.5. The zero-order valence-electron chi connectivity index (χ0n) is 16.5. The maximum absolute atomic E-state index is 12.3. The number of amides is 1. The van der Waals surface area contributed by atoms with Crippen LogP contribution in [0.25, 0.3) is 11.4 Å². The smallest absolute Gasteiger partial charge is 0.249 e. The number of aryl methyl sites for hydroxylation is 3. The molecule has 0 radical (unpaired) electrons. The number of carbonyl (C=O) groups excluding carboxylic acids is 1. The molecule has 0 aliphatic rings. The molecule has 0 fully saturated rings. The Kier molecular flexibility index (Phi) is 5.67. The van der Waals surface area contributed by atoms with E-state index in [9.17, 15) is 4.79 Å². The van der Waals surface area contributed by atoms with Crippen molar-refractivity contribution in [1.29, 1.82) is 0 Å². The van der Waals surface area contributed by atoms with Crippen LogP contribution < -0.4 is 11.1 Å². The predicted octanol–water partition coefficient (Wildman–Crippen LogP) is 2.84. The summed E-state index contributed by atoms with van der Waals surface area (Å²) in [6, 6.07) is 7.46. The van der Waals surface area contributed by atoms with Crippen LogP contribution in [0.1, 0.15) is 47.8 Å². The Bertz CT molecular complexity index is 975. The fourth-order valence-corrected chi connectivity index (χ4v) is 3.05. The largest absolute Gasteiger partial charge is 0.368 e. The van der Waals surface area contributed by atoms with Gasteiger partial charge in [0.2, 0.25) is 23.6 Å². The molecule has 0 saturated carbocycles. The summed E-state index contributed by atoms with van der Waals surface area (Å²) in [7, 11) is 0. The molecule has 2 aromatic heterocycles. The Morgan fingerprint density at radius 3 is 2.57 bits per heavy atom. The first-order chi connectivity index (χ1) is 13.3. The minimum absolute atomic E-state index is 0.113. The van der Waals surface area contributed by atoms with Crippen LogP contribution >= 0.6 is 0 Å². The molecule has 146 valence electrons. The number of hydrogen-bond donors (Lipinski definition) is 2. The zero-order valence-corrected chi connectivity index (χ0v) is 16.5. The SMILES string of the molecule is Cc1cccc(-c2noc(C(C)NC(=O)CCc3c(C)nc(N)nc3C)n2)c1. The normalized spacial score (nSPS) is 12.0. The van der Waals surface area contributed by atoms with E-state index in [0.717, 1.165) is 28.1 Å². The van der Waals surface area contributed by atoms with Gasteiger partial charge < -0.3 is 15.6 Å². The maximum Gasteiger partial charge on any atom is 0.249 e. The predicted molar refractivity (Wildman–Crippen MR) is 105 cm³/mol. The van der Waals surface area contributed by atoms with Crippen molar-refractivity contribution in [2.24, 2.45) is 0 Å². The molecule has 0 aliphatic carbocycles. The highest BCUT2D eigenvalue weighted by molar-refractivity contribution is 5.76. The highest BCUT2D eigenvalue weighted by Crippen LogP contribution is 2.20. The third kappa shape index (κ3) is 4.51. The van der Waals surface area contributed by atoms with Gasteiger partial charge in [-0.2, -0.15) is 4.98 Å². The minimum atomic E-state index is -0.386. The van der Waals surface area contributed by atoms with Crippen molar-refractivity contribution in [2.45, 2.75) is 46.6 Å². The lowest BCUT2D eigenvalue weighted by atomic mass is 10.1. The van der Waals surface area contributed by atoms with Crippen LogP contribution in [0.2, 0.25) is 0 Å². The molecule has 0 aliphatic heterocycles. The number of nitrogens with one attached hydrogen (secondary N) is 1. The third-order valence-electron chi connectivity index (χ3n) is 4.51. The van der Waals surface area contributed by atoms with E-state index in [1.807, 2.05) is 52.0 Å². The van der Waals surface area contributed by atoms with Gasteiger partial charge in [0, 0.05) is 23.4 Å². The molecule has 1 aromatic carbocycles. The minimum Gasteiger partial charge on any atom is -0.368 e. The van der Waals surface area contributed by atoms with E-state index in [-0.39, 0.29) is 17.9 Å². The number of carbonyl (C=O) groups is 1. The van der Waals surface area contributed by atoms with Crippen LogP contribution in [0.4, 0.5) is 5.95 Å². The number of aromatic nitrogens is 4. The van der Waals surface area contributed by atoms with Gasteiger partial charge in [-0.15, -0.1) is 0 Å². The number of nitrogen functional groups attached to an aromatic ring is 1. The fourth-order valence-electron chi connectivity index (χ4n) is 3.05. The zero-order chi connectivity index (χ0) is 20.3. The van der Waals surface area contributed by atoms with Gasteiger partial charge >= 0.3 is 0 Å². The Morgan fingerprint density at radius 2 is 1.89 bits per heavy atom. The lowest BCUT2D eigenvalue weighted by molar-refractivity contribution is -0.121. The quantitative estimate of drug-likeness (QED) is 0.674. The molecule has 1 amide bonds. The van der Waals surface area contributed by atoms with Crippen LogP contribution in [0, 0.1) is 20.8 Å². The molecule has 0 bridgehead atoms. The van der Waals surface area contributed by atoms with Gasteiger partial charge in [-0.1, -0.05) is 28.9 Å². The van der Waals surface area contributed by atoms with Gasteiger partial charge in [-0.25, -0.2) is 9.97 Å². The van der Waals surface area contributed by atoms with Crippen molar-refractivity contribution in [1.82, 2.24) is 25.4 Å². The number of hydrogen-bond acceptors (Lipinski definition) is 7. The van der Waals surface area contributed by atoms with E-state index in [0.29, 0.717) is 24.6 Å². The molecule has 2 heterocycles. The average Bonchev–Trinajstić information content (AvgIpc) is 3.11. The lowest BCUT2D eigenvalue weighted by Gasteiger charge is -2.11. The topological polar surface area (TPSA) is 120 Å². The second-order valence-electron chi connectivity index (χ2n) is 6.85. The Hall–Kier alpha value is -3.29. The standard InChI is InChI=1S/C20H24N6O2/c1-11-6-5-7-15(10-11)18-25-19(28-26-18)14(4)22-17(27)9-8-16-12(2)23-20(21)24-13(16)3/h5-7,10,14H,8-9H2,1-4H3,(H,22,27)(H2,21,23,24). The van der Waals surface area contributed by atoms with Crippen molar-refractivity contribution in [3.8, 4) is 11.4 Å². The average molecular weight is 380 g/mol. The summed E-state index contributed by atoms with van der Waals surface area (Å²) in [5.74, 6) is 1.01. The van der Waals surface area contributed by atoms with Crippen molar-refractivity contribution >= 4 is 11.9 Å². The number of anilines is 1. The summed E-state index contributed by atoms with van der Waals surface area (Å²) in [5.41, 5.74) is 10.2. The molecule has 0 spiro atoms. The summed E-state index contributed by atoms with van der Waals surface area (Å²) in [4.78, 5) is 25.1. The number of benzene rings is 1. The van der Waals surface area contributed by atoms with E-state index in [1.165, 1.54) is 0 Å². The monoisotopic (exact) mass is 380 g/mol. The Labute approximate surface area is 163 Å². The van der Waals surface area contributed by atoms with Crippen molar-refractivity contribution in [2.75, 3.05) is 5.73 Å². The van der Waals surface area contributed by atoms with Crippen LogP contribution in [-0.2, 0) is 11.2 Å². The first-order valence-corrected chi connectivity index (χ1v) is 9.13. The fraction of sp³-hybridized carbons (Fsp3) is 0.350. The molecule has 3 aromatic rings. The Morgan fingerprint density at radius 1 is 1.18 bits per heavy atom. The van der Waals surface area contributed by atoms with E-state index < -0.39 is 0 Å². The van der Waals surface area contributed by atoms with Gasteiger partial charge in [-0.3, -0.25) is 4.79 Å². The molecular formula is C20H24N6O2. The van der Waals surface area contributed by atoms with Gasteiger partial charge in [0.05, 0.1) is 0 Å². The molecule has 28 heavy (non-hydrogen) atoms. The maximum atomic E-state index is 12.3. The van der Waals surface area contributed by atoms with Crippen LogP contribution in [0.3, 0.4) is 0 Å². The van der Waals surface area contributed by atoms with Crippen molar-refractivity contribution in [3.05, 3.63) is 52.7 Å². The van der Waals surface area contributed by atoms with E-state index in [2.05, 4.69) is 25.4 Å². The highest BCUT2D eigenvalue weighted by atomic mass is 16.5. The van der Waals surface area contributed by atoms with Gasteiger partial charge in [0.1, 0.15) is 6.04 Å². The number of rotatable bonds is 6. The summed E-state index contributed by atoms with van der Waals surface area (Å²) >= 11 is 0. The summed E-state index contributed by atoms with van der Waals surface area (Å²) in [6.45, 7) is 7.55. The van der Waals surface area contributed by atoms with E-state index >= 15 is 0 Å². The summed E-state index contributed by atoms with van der Waals surface area (Å²) in [5, 5.41) is 6.91. The molecule has 1 atom stereocenters. The van der Waals surface area contributed by atoms with Gasteiger partial charge in [-0.05, 0) is 45.7 Å². The number of nitrogens with zero attached hydrogens (tertiary/aromatic N) is 4. The molecule has 8 heteroatoms. The summed E-state index contributed by atoms with van der Waals surface area (Å²) < 4.78 is 5.33. The molecule has 0 saturated heterocycles. The van der Waals surface area contributed by atoms with E-state index in [1.54, 1.807) is 0 Å². The Balaban J connectivity index is 1.61. The van der Waals surface area contributed by atoms with Crippen molar-refractivity contribution < 1.29 is 9.32 Å². The second kappa shape index (κ2) is 8.16.